The third-order valence-electron chi connectivity index (χ3n) is 0.734. The molecule has 0 aliphatic heterocycles. The van der Waals surface area contributed by atoms with Crippen LogP contribution < -0.4 is 16.5 Å². The van der Waals surface area contributed by atoms with Crippen molar-refractivity contribution < 1.29 is 0 Å². The summed E-state index contributed by atoms with van der Waals surface area (Å²) in [4.78, 5) is 0. The lowest BCUT2D eigenvalue weighted by atomic mass is 10.2. The molecule has 4 heteroatoms. The maximum absolute atomic E-state index is 3.36. The third kappa shape index (κ3) is 7.39. The molecule has 0 rings (SSSR count). The van der Waals surface area contributed by atoms with Gasteiger partial charge in [0.05, 0.1) is 0 Å². The van der Waals surface area contributed by atoms with E-state index in [1.165, 1.54) is 0 Å². The van der Waals surface area contributed by atoms with E-state index in [4.69, 9.17) is 0 Å². The van der Waals surface area contributed by atoms with E-state index < -0.39 is 0 Å². The number of nitrogens with zero attached hydrogens (tertiary/aromatic N) is 1. The molecule has 0 fully saturated rings. The van der Waals surface area contributed by atoms with Crippen molar-refractivity contribution in [2.45, 2.75) is 13.8 Å². The van der Waals surface area contributed by atoms with Crippen LogP contribution in [0.1, 0.15) is 13.8 Å². The molecule has 9 heavy (non-hydrogen) atoms. The van der Waals surface area contributed by atoms with Gasteiger partial charge in [-0.25, -0.2) is 11.0 Å². The highest BCUT2D eigenvalue weighted by atomic mass is 15.7. The Morgan fingerprint density at radius 3 is 2.67 bits per heavy atom. The normalized spacial score (nSPS) is 9.67. The van der Waals surface area contributed by atoms with E-state index in [9.17, 15) is 0 Å². The second-order valence-corrected chi connectivity index (χ2v) is 2.17. The van der Waals surface area contributed by atoms with Gasteiger partial charge in [-0.3, -0.25) is 0 Å². The zero-order valence-corrected chi connectivity index (χ0v) is 5.94. The molecule has 0 aromatic heterocycles. The van der Waals surface area contributed by atoms with Gasteiger partial charge in [0.15, 0.2) is 0 Å². The van der Waals surface area contributed by atoms with Gasteiger partial charge < -0.3 is 0 Å². The second-order valence-electron chi connectivity index (χ2n) is 2.17. The Morgan fingerprint density at radius 2 is 2.22 bits per heavy atom. The van der Waals surface area contributed by atoms with E-state index in [1.807, 2.05) is 0 Å². The van der Waals surface area contributed by atoms with E-state index in [1.54, 1.807) is 0 Å². The molecule has 0 aliphatic carbocycles. The van der Waals surface area contributed by atoms with Crippen LogP contribution >= 0.6 is 0 Å². The maximum atomic E-state index is 3.36. The monoisotopic (exact) mass is 130 g/mol. The molecule has 0 radical (unpaired) electrons. The minimum atomic E-state index is 0.629. The lowest BCUT2D eigenvalue weighted by Crippen LogP contribution is -2.41. The first-order chi connectivity index (χ1) is 4.27. The number of hydrazine groups is 2. The highest BCUT2D eigenvalue weighted by molar-refractivity contribution is 5.21. The molecule has 3 N–H and O–H groups in total. The van der Waals surface area contributed by atoms with Gasteiger partial charge in [-0.1, -0.05) is 13.8 Å². The van der Waals surface area contributed by atoms with Gasteiger partial charge in [0.2, 0.25) is 0 Å². The SMILES string of the molecule is C=NNNNCC(C)C. The van der Waals surface area contributed by atoms with Crippen molar-refractivity contribution in [2.75, 3.05) is 6.54 Å². The molecule has 0 atom stereocenters. The zero-order valence-electron chi connectivity index (χ0n) is 5.94. The van der Waals surface area contributed by atoms with E-state index >= 15 is 0 Å². The number of nitrogens with one attached hydrogen (secondary N) is 3. The predicted octanol–water partition coefficient (Wildman–Crippen LogP) is -0.143. The van der Waals surface area contributed by atoms with Gasteiger partial charge in [-0.05, 0) is 5.92 Å². The Hall–Kier alpha value is -0.610. The van der Waals surface area contributed by atoms with Crippen molar-refractivity contribution in [3.8, 4) is 0 Å². The molecular weight excluding hydrogens is 116 g/mol. The van der Waals surface area contributed by atoms with Crippen molar-refractivity contribution >= 4 is 6.72 Å². The van der Waals surface area contributed by atoms with Gasteiger partial charge in [-0.15, -0.1) is 0 Å². The fourth-order valence-electron chi connectivity index (χ4n) is 0.334. The van der Waals surface area contributed by atoms with Gasteiger partial charge in [0.25, 0.3) is 0 Å². The summed E-state index contributed by atoms with van der Waals surface area (Å²) in [5.41, 5.74) is 7.98. The molecule has 0 spiro atoms. The van der Waals surface area contributed by atoms with Gasteiger partial charge in [0.1, 0.15) is 0 Å². The van der Waals surface area contributed by atoms with Crippen molar-refractivity contribution in [1.29, 1.82) is 0 Å². The summed E-state index contributed by atoms with van der Waals surface area (Å²) in [6.07, 6.45) is 0. The fraction of sp³-hybridized carbons (Fsp3) is 0.800. The predicted molar refractivity (Wildman–Crippen MR) is 38.7 cm³/mol. The Morgan fingerprint density at radius 1 is 1.56 bits per heavy atom. The quantitative estimate of drug-likeness (QED) is 0.276. The van der Waals surface area contributed by atoms with Crippen LogP contribution in [0.3, 0.4) is 0 Å². The molecule has 0 amide bonds. The molecule has 0 aliphatic rings. The average Bonchev–Trinajstić information content (AvgIpc) is 1.80. The largest absolute Gasteiger partial charge is 0.238 e. The second kappa shape index (κ2) is 5.53. The molecule has 0 unspecified atom stereocenters. The Labute approximate surface area is 55.7 Å². The number of hydrazone groups is 1. The molecule has 0 heterocycles. The molecule has 0 aromatic rings. The van der Waals surface area contributed by atoms with E-state index in [0.717, 1.165) is 6.54 Å². The van der Waals surface area contributed by atoms with E-state index in [-0.39, 0.29) is 0 Å². The smallest absolute Gasteiger partial charge is 0.0141 e. The highest BCUT2D eigenvalue weighted by Crippen LogP contribution is 1.83. The summed E-state index contributed by atoms with van der Waals surface area (Å²) in [7, 11) is 0. The summed E-state index contributed by atoms with van der Waals surface area (Å²) in [5, 5.41) is 3.36. The van der Waals surface area contributed by atoms with Crippen LogP contribution in [0.5, 0.6) is 0 Å². The lowest BCUT2D eigenvalue weighted by molar-refractivity contribution is 0.412. The van der Waals surface area contributed by atoms with Crippen molar-refractivity contribution in [3.05, 3.63) is 0 Å². The third-order valence-corrected chi connectivity index (χ3v) is 0.734. The molecule has 0 saturated heterocycles. The standard InChI is InChI=1S/C5H14N4/c1-5(2)4-7-9-8-6-3/h5,7-9H,3-4H2,1-2H3. The first-order valence-electron chi connectivity index (χ1n) is 2.96. The lowest BCUT2D eigenvalue weighted by Gasteiger charge is -2.06. The van der Waals surface area contributed by atoms with Crippen molar-refractivity contribution in [3.63, 3.8) is 0 Å². The zero-order chi connectivity index (χ0) is 7.11. The minimum absolute atomic E-state index is 0.629. The topological polar surface area (TPSA) is 48.5 Å². The van der Waals surface area contributed by atoms with Crippen LogP contribution in [0, 0.1) is 5.92 Å². The summed E-state index contributed by atoms with van der Waals surface area (Å²) in [5.74, 6) is 0.629. The molecular formula is C5H14N4. The highest BCUT2D eigenvalue weighted by Gasteiger charge is 1.88. The molecule has 0 aromatic carbocycles. The first-order valence-corrected chi connectivity index (χ1v) is 2.96. The summed E-state index contributed by atoms with van der Waals surface area (Å²) in [6.45, 7) is 8.36. The Kier molecular flexibility index (Phi) is 5.15. The van der Waals surface area contributed by atoms with Crippen molar-refractivity contribution in [1.82, 2.24) is 16.5 Å². The van der Waals surface area contributed by atoms with Gasteiger partial charge in [-0.2, -0.15) is 10.6 Å². The molecule has 54 valence electrons. The average molecular weight is 130 g/mol. The van der Waals surface area contributed by atoms with Crippen LogP contribution in [0.4, 0.5) is 0 Å². The Bertz CT molecular complexity index is 71.4. The minimum Gasteiger partial charge on any atom is -0.238 e. The number of rotatable bonds is 5. The maximum Gasteiger partial charge on any atom is 0.0141 e. The van der Waals surface area contributed by atoms with Gasteiger partial charge in [0, 0.05) is 13.3 Å². The molecule has 4 nitrogen and oxygen atoms in total. The van der Waals surface area contributed by atoms with Crippen LogP contribution in [-0.4, -0.2) is 13.3 Å². The number of hydrogen-bond donors (Lipinski definition) is 3. The van der Waals surface area contributed by atoms with Gasteiger partial charge >= 0.3 is 0 Å². The fourth-order valence-corrected chi connectivity index (χ4v) is 0.334. The van der Waals surface area contributed by atoms with Crippen LogP contribution in [0.25, 0.3) is 0 Å². The summed E-state index contributed by atoms with van der Waals surface area (Å²) >= 11 is 0. The van der Waals surface area contributed by atoms with Crippen LogP contribution in [0.15, 0.2) is 5.10 Å². The van der Waals surface area contributed by atoms with Crippen LogP contribution in [0.2, 0.25) is 0 Å². The first kappa shape index (κ1) is 8.39. The van der Waals surface area contributed by atoms with E-state index in [0.29, 0.717) is 5.92 Å². The van der Waals surface area contributed by atoms with Crippen molar-refractivity contribution in [2.24, 2.45) is 11.0 Å². The molecule has 0 bridgehead atoms. The molecule has 0 saturated carbocycles. The summed E-state index contributed by atoms with van der Waals surface area (Å²) < 4.78 is 0. The summed E-state index contributed by atoms with van der Waals surface area (Å²) in [6, 6.07) is 0. The Balaban J connectivity index is 2.82. The number of hydrogen-bond acceptors (Lipinski definition) is 4. The van der Waals surface area contributed by atoms with Crippen LogP contribution in [-0.2, 0) is 0 Å². The van der Waals surface area contributed by atoms with E-state index in [2.05, 4.69) is 42.2 Å².